The lowest BCUT2D eigenvalue weighted by Crippen LogP contribution is -2.14. The van der Waals surface area contributed by atoms with Crippen molar-refractivity contribution in [1.82, 2.24) is 10.2 Å². The molecule has 124 valence electrons. The minimum atomic E-state index is -0.520. The summed E-state index contributed by atoms with van der Waals surface area (Å²) in [5, 5.41) is 11.6. The van der Waals surface area contributed by atoms with Crippen molar-refractivity contribution >= 4 is 22.6 Å². The number of benzene rings is 1. The molecule has 0 aliphatic rings. The maximum absolute atomic E-state index is 11.6. The van der Waals surface area contributed by atoms with Crippen LogP contribution in [0.1, 0.15) is 19.8 Å². The summed E-state index contributed by atoms with van der Waals surface area (Å²) in [4.78, 5) is 11.6. The van der Waals surface area contributed by atoms with Crippen LogP contribution in [0.3, 0.4) is 0 Å². The molecule has 1 heterocycles. The van der Waals surface area contributed by atoms with Crippen molar-refractivity contribution in [3.63, 3.8) is 0 Å². The maximum Gasteiger partial charge on any atom is 0.413 e. The number of unbranched alkanes of at least 4 members (excludes halogenated alkanes) is 1. The SMILES string of the molecule is CCCCOC(=O)Nc1nnc(-c2ccc(OC)c(OC)c2)s1. The van der Waals surface area contributed by atoms with E-state index in [0.29, 0.717) is 28.2 Å². The van der Waals surface area contributed by atoms with Crippen LogP contribution < -0.4 is 14.8 Å². The molecule has 0 saturated carbocycles. The van der Waals surface area contributed by atoms with E-state index in [9.17, 15) is 4.79 Å². The van der Waals surface area contributed by atoms with Gasteiger partial charge in [-0.05, 0) is 24.6 Å². The predicted octanol–water partition coefficient (Wildman–Crippen LogP) is 3.57. The van der Waals surface area contributed by atoms with E-state index < -0.39 is 6.09 Å². The van der Waals surface area contributed by atoms with E-state index in [1.54, 1.807) is 20.3 Å². The summed E-state index contributed by atoms with van der Waals surface area (Å²) in [5.41, 5.74) is 0.826. The minimum absolute atomic E-state index is 0.385. The topological polar surface area (TPSA) is 82.6 Å². The third kappa shape index (κ3) is 4.56. The maximum atomic E-state index is 11.6. The lowest BCUT2D eigenvalue weighted by Gasteiger charge is -2.07. The van der Waals surface area contributed by atoms with Gasteiger partial charge in [0, 0.05) is 5.56 Å². The van der Waals surface area contributed by atoms with Gasteiger partial charge >= 0.3 is 6.09 Å². The molecule has 0 radical (unpaired) electrons. The Labute approximate surface area is 138 Å². The van der Waals surface area contributed by atoms with Gasteiger partial charge in [0.1, 0.15) is 5.01 Å². The zero-order chi connectivity index (χ0) is 16.7. The van der Waals surface area contributed by atoms with Crippen molar-refractivity contribution < 1.29 is 19.0 Å². The second kappa shape index (κ2) is 8.33. The highest BCUT2D eigenvalue weighted by Crippen LogP contribution is 2.34. The number of aromatic nitrogens is 2. The zero-order valence-corrected chi connectivity index (χ0v) is 14.1. The number of methoxy groups -OCH3 is 2. The highest BCUT2D eigenvalue weighted by molar-refractivity contribution is 7.18. The third-order valence-corrected chi connectivity index (χ3v) is 3.88. The molecule has 2 aromatic rings. The standard InChI is InChI=1S/C15H19N3O4S/c1-4-5-8-22-15(19)16-14-18-17-13(23-14)10-6-7-11(20-2)12(9-10)21-3/h6-7,9H,4-5,8H2,1-3H3,(H,16,18,19). The van der Waals surface area contributed by atoms with Gasteiger partial charge in [0.05, 0.1) is 20.8 Å². The molecular weight excluding hydrogens is 318 g/mol. The molecule has 0 atom stereocenters. The van der Waals surface area contributed by atoms with Gasteiger partial charge in [0.15, 0.2) is 11.5 Å². The number of amides is 1. The smallest absolute Gasteiger partial charge is 0.413 e. The molecule has 0 aliphatic carbocycles. The fraction of sp³-hybridized carbons (Fsp3) is 0.400. The molecule has 0 bridgehead atoms. The molecule has 0 spiro atoms. The van der Waals surface area contributed by atoms with Gasteiger partial charge in [-0.2, -0.15) is 0 Å². The number of anilines is 1. The van der Waals surface area contributed by atoms with Crippen molar-refractivity contribution in [2.45, 2.75) is 19.8 Å². The Morgan fingerprint density at radius 2 is 2.00 bits per heavy atom. The van der Waals surface area contributed by atoms with E-state index in [4.69, 9.17) is 14.2 Å². The van der Waals surface area contributed by atoms with Crippen LogP contribution in [0.25, 0.3) is 10.6 Å². The molecule has 0 unspecified atom stereocenters. The van der Waals surface area contributed by atoms with Crippen molar-refractivity contribution in [2.75, 3.05) is 26.1 Å². The van der Waals surface area contributed by atoms with E-state index >= 15 is 0 Å². The van der Waals surface area contributed by atoms with Crippen LogP contribution in [-0.2, 0) is 4.74 Å². The first-order valence-corrected chi connectivity index (χ1v) is 7.99. The lowest BCUT2D eigenvalue weighted by atomic mass is 10.2. The minimum Gasteiger partial charge on any atom is -0.493 e. The normalized spacial score (nSPS) is 10.2. The number of nitrogens with one attached hydrogen (secondary N) is 1. The van der Waals surface area contributed by atoms with E-state index in [1.807, 2.05) is 19.1 Å². The van der Waals surface area contributed by atoms with Crippen LogP contribution in [0.5, 0.6) is 11.5 Å². The molecule has 1 aromatic heterocycles. The van der Waals surface area contributed by atoms with Gasteiger partial charge in [-0.1, -0.05) is 24.7 Å². The fourth-order valence-corrected chi connectivity index (χ4v) is 2.52. The van der Waals surface area contributed by atoms with Crippen LogP contribution in [0.2, 0.25) is 0 Å². The molecule has 23 heavy (non-hydrogen) atoms. The van der Waals surface area contributed by atoms with Crippen molar-refractivity contribution in [1.29, 1.82) is 0 Å². The summed E-state index contributed by atoms with van der Waals surface area (Å²) < 4.78 is 15.5. The van der Waals surface area contributed by atoms with E-state index in [2.05, 4.69) is 15.5 Å². The van der Waals surface area contributed by atoms with Gasteiger partial charge in [-0.15, -0.1) is 10.2 Å². The van der Waals surface area contributed by atoms with Crippen LogP contribution in [0.15, 0.2) is 18.2 Å². The zero-order valence-electron chi connectivity index (χ0n) is 13.3. The molecule has 1 N–H and O–H groups in total. The van der Waals surface area contributed by atoms with E-state index in [1.165, 1.54) is 11.3 Å². The Balaban J connectivity index is 2.05. The number of nitrogens with zero attached hydrogens (tertiary/aromatic N) is 2. The number of hydrogen-bond acceptors (Lipinski definition) is 7. The number of ether oxygens (including phenoxy) is 3. The van der Waals surface area contributed by atoms with Crippen LogP contribution in [0, 0.1) is 0 Å². The Morgan fingerprint density at radius 3 is 2.70 bits per heavy atom. The highest BCUT2D eigenvalue weighted by atomic mass is 32.1. The van der Waals surface area contributed by atoms with E-state index in [-0.39, 0.29) is 0 Å². The summed E-state index contributed by atoms with van der Waals surface area (Å²) >= 11 is 1.26. The molecule has 0 fully saturated rings. The summed E-state index contributed by atoms with van der Waals surface area (Å²) in [6, 6.07) is 5.45. The number of rotatable bonds is 7. The van der Waals surface area contributed by atoms with Crippen molar-refractivity contribution in [2.24, 2.45) is 0 Å². The Morgan fingerprint density at radius 1 is 1.22 bits per heavy atom. The van der Waals surface area contributed by atoms with Crippen molar-refractivity contribution in [3.05, 3.63) is 18.2 Å². The number of carbonyl (C=O) groups is 1. The second-order valence-electron chi connectivity index (χ2n) is 4.60. The number of hydrogen-bond donors (Lipinski definition) is 1. The number of carbonyl (C=O) groups excluding carboxylic acids is 1. The summed E-state index contributed by atoms with van der Waals surface area (Å²) in [6.45, 7) is 2.42. The summed E-state index contributed by atoms with van der Waals surface area (Å²) in [6.07, 6.45) is 1.28. The van der Waals surface area contributed by atoms with E-state index in [0.717, 1.165) is 18.4 Å². The largest absolute Gasteiger partial charge is 0.493 e. The second-order valence-corrected chi connectivity index (χ2v) is 5.57. The molecule has 2 rings (SSSR count). The van der Waals surface area contributed by atoms with Crippen LogP contribution in [0.4, 0.5) is 9.93 Å². The monoisotopic (exact) mass is 337 g/mol. The van der Waals surface area contributed by atoms with Gasteiger partial charge in [0.2, 0.25) is 5.13 Å². The first-order valence-electron chi connectivity index (χ1n) is 7.17. The van der Waals surface area contributed by atoms with Crippen LogP contribution in [-0.4, -0.2) is 37.1 Å². The highest BCUT2D eigenvalue weighted by Gasteiger charge is 2.12. The molecule has 0 saturated heterocycles. The average Bonchev–Trinajstić information content (AvgIpc) is 3.02. The Hall–Kier alpha value is -2.35. The molecule has 8 heteroatoms. The van der Waals surface area contributed by atoms with Gasteiger partial charge in [-0.3, -0.25) is 5.32 Å². The molecule has 7 nitrogen and oxygen atoms in total. The average molecular weight is 337 g/mol. The molecule has 1 amide bonds. The molecule has 1 aromatic carbocycles. The van der Waals surface area contributed by atoms with Crippen molar-refractivity contribution in [3.8, 4) is 22.1 Å². The first kappa shape index (κ1) is 17.0. The Kier molecular flexibility index (Phi) is 6.16. The van der Waals surface area contributed by atoms with Gasteiger partial charge in [0.25, 0.3) is 0 Å². The molecule has 0 aliphatic heterocycles. The summed E-state index contributed by atoms with van der Waals surface area (Å²) in [5.74, 6) is 1.24. The van der Waals surface area contributed by atoms with Gasteiger partial charge < -0.3 is 14.2 Å². The fourth-order valence-electron chi connectivity index (χ4n) is 1.79. The third-order valence-electron chi connectivity index (χ3n) is 3.00. The lowest BCUT2D eigenvalue weighted by molar-refractivity contribution is 0.160. The molecular formula is C15H19N3O4S. The quantitative estimate of drug-likeness (QED) is 0.778. The first-order chi connectivity index (χ1) is 11.2. The van der Waals surface area contributed by atoms with Gasteiger partial charge in [-0.25, -0.2) is 4.79 Å². The predicted molar refractivity (Wildman–Crippen MR) is 88.3 cm³/mol. The summed E-state index contributed by atoms with van der Waals surface area (Å²) in [7, 11) is 3.15. The van der Waals surface area contributed by atoms with Crippen LogP contribution >= 0.6 is 11.3 Å². The Bertz CT molecular complexity index is 660.